The molecule has 3 nitrogen and oxygen atoms in total. The summed E-state index contributed by atoms with van der Waals surface area (Å²) in [6, 6.07) is 9.15. The lowest BCUT2D eigenvalue weighted by molar-refractivity contribution is 0.0964. The van der Waals surface area contributed by atoms with Crippen LogP contribution in [0.4, 0.5) is 5.69 Å². The van der Waals surface area contributed by atoms with Gasteiger partial charge in [-0.15, -0.1) is 0 Å². The molecule has 0 aliphatic carbocycles. The lowest BCUT2D eigenvalue weighted by atomic mass is 9.83. The summed E-state index contributed by atoms with van der Waals surface area (Å²) in [5.41, 5.74) is 2.28. The lowest BCUT2D eigenvalue weighted by Crippen LogP contribution is -2.54. The summed E-state index contributed by atoms with van der Waals surface area (Å²) >= 11 is 0. The highest BCUT2D eigenvalue weighted by molar-refractivity contribution is 5.47. The predicted octanol–water partition coefficient (Wildman–Crippen LogP) is 2.40. The van der Waals surface area contributed by atoms with Gasteiger partial charge >= 0.3 is 0 Å². The highest BCUT2D eigenvalue weighted by Gasteiger charge is 2.41. The average molecular weight is 260 g/mol. The van der Waals surface area contributed by atoms with Gasteiger partial charge in [-0.1, -0.05) is 17.7 Å². The van der Waals surface area contributed by atoms with Gasteiger partial charge in [-0.25, -0.2) is 0 Å². The summed E-state index contributed by atoms with van der Waals surface area (Å²) in [7, 11) is 0. The quantitative estimate of drug-likeness (QED) is 0.876. The predicted molar refractivity (Wildman–Crippen MR) is 78.4 cm³/mol. The van der Waals surface area contributed by atoms with Gasteiger partial charge in [0.2, 0.25) is 0 Å². The van der Waals surface area contributed by atoms with Crippen LogP contribution in [0.5, 0.6) is 0 Å². The molecule has 2 heterocycles. The van der Waals surface area contributed by atoms with E-state index in [2.05, 4.69) is 41.4 Å². The maximum absolute atomic E-state index is 9.90. The summed E-state index contributed by atoms with van der Waals surface area (Å²) in [6.45, 7) is 4.69. The van der Waals surface area contributed by atoms with Crippen molar-refractivity contribution in [1.29, 1.82) is 0 Å². The minimum absolute atomic E-state index is 0.124. The van der Waals surface area contributed by atoms with E-state index in [0.29, 0.717) is 6.04 Å². The first-order valence-corrected chi connectivity index (χ1v) is 7.41. The van der Waals surface area contributed by atoms with Crippen molar-refractivity contribution in [3.8, 4) is 0 Å². The molecule has 0 bridgehead atoms. The van der Waals surface area contributed by atoms with Crippen LogP contribution in [0.1, 0.15) is 31.2 Å². The maximum atomic E-state index is 9.90. The Balaban J connectivity index is 1.74. The molecule has 1 aromatic rings. The fraction of sp³-hybridized carbons (Fsp3) is 0.625. The second kappa shape index (κ2) is 5.14. The summed E-state index contributed by atoms with van der Waals surface area (Å²) in [6.07, 6.45) is 4.71. The highest BCUT2D eigenvalue weighted by Crippen LogP contribution is 2.35. The Hall–Kier alpha value is -1.06. The lowest BCUT2D eigenvalue weighted by Gasteiger charge is -2.44. The molecule has 2 N–H and O–H groups in total. The van der Waals surface area contributed by atoms with Crippen molar-refractivity contribution < 1.29 is 5.11 Å². The van der Waals surface area contributed by atoms with Crippen molar-refractivity contribution in [3.05, 3.63) is 29.8 Å². The summed E-state index contributed by atoms with van der Waals surface area (Å²) in [4.78, 5) is 2.59. The van der Waals surface area contributed by atoms with Crippen LogP contribution in [-0.2, 0) is 0 Å². The number of hydrogen-bond donors (Lipinski definition) is 2. The van der Waals surface area contributed by atoms with Crippen LogP contribution in [-0.4, -0.2) is 41.3 Å². The van der Waals surface area contributed by atoms with Gasteiger partial charge in [0, 0.05) is 18.3 Å². The third-order valence-electron chi connectivity index (χ3n) is 4.77. The number of aliphatic hydroxyl groups excluding tert-OH is 1. The fourth-order valence-electron chi connectivity index (χ4n) is 3.57. The highest BCUT2D eigenvalue weighted by atomic mass is 16.3. The maximum Gasteiger partial charge on any atom is 0.0662 e. The Bertz CT molecular complexity index is 431. The molecule has 0 amide bonds. The van der Waals surface area contributed by atoms with Gasteiger partial charge in [0.1, 0.15) is 0 Å². The number of aryl methyl sites for hydroxylation is 1. The monoisotopic (exact) mass is 260 g/mol. The molecule has 3 rings (SSSR count). The number of piperidine rings is 1. The molecule has 2 saturated heterocycles. The van der Waals surface area contributed by atoms with Crippen molar-refractivity contribution >= 4 is 5.69 Å². The number of nitrogens with one attached hydrogen (secondary N) is 1. The van der Waals surface area contributed by atoms with Gasteiger partial charge < -0.3 is 15.3 Å². The van der Waals surface area contributed by atoms with Gasteiger partial charge in [0.05, 0.1) is 12.1 Å². The zero-order valence-corrected chi connectivity index (χ0v) is 11.7. The van der Waals surface area contributed by atoms with Gasteiger partial charge in [-0.2, -0.15) is 0 Å². The van der Waals surface area contributed by atoms with Crippen LogP contribution in [0.25, 0.3) is 0 Å². The molecular formula is C16H24N2O. The molecule has 0 aromatic heterocycles. The van der Waals surface area contributed by atoms with Gasteiger partial charge in [-0.05, 0) is 51.3 Å². The first kappa shape index (κ1) is 12.9. The topological polar surface area (TPSA) is 35.5 Å². The Morgan fingerprint density at radius 1 is 1.32 bits per heavy atom. The molecule has 2 fully saturated rings. The molecule has 104 valence electrons. The van der Waals surface area contributed by atoms with Crippen molar-refractivity contribution in [2.45, 2.75) is 44.2 Å². The number of aliphatic hydroxyl groups is 1. The summed E-state index contributed by atoms with van der Waals surface area (Å²) in [5, 5.41) is 13.5. The second-order valence-corrected chi connectivity index (χ2v) is 6.22. The first-order valence-electron chi connectivity index (χ1n) is 7.41. The van der Waals surface area contributed by atoms with E-state index in [-0.39, 0.29) is 12.1 Å². The SMILES string of the molecule is Cc1ccc(NC2(CO)CCN3CCCC3C2)cc1. The van der Waals surface area contributed by atoms with E-state index in [1.165, 1.54) is 24.9 Å². The molecule has 1 aromatic carbocycles. The fourth-order valence-corrected chi connectivity index (χ4v) is 3.57. The molecule has 2 aliphatic rings. The van der Waals surface area contributed by atoms with E-state index < -0.39 is 0 Å². The molecule has 2 aliphatic heterocycles. The molecule has 2 atom stereocenters. The minimum Gasteiger partial charge on any atom is -0.394 e. The van der Waals surface area contributed by atoms with E-state index in [1.807, 2.05) is 0 Å². The van der Waals surface area contributed by atoms with Crippen molar-refractivity contribution in [1.82, 2.24) is 4.90 Å². The number of fused-ring (bicyclic) bond motifs is 1. The zero-order chi connectivity index (χ0) is 13.3. The molecule has 19 heavy (non-hydrogen) atoms. The van der Waals surface area contributed by atoms with Crippen LogP contribution >= 0.6 is 0 Å². The zero-order valence-electron chi connectivity index (χ0n) is 11.7. The van der Waals surface area contributed by atoms with Crippen LogP contribution < -0.4 is 5.32 Å². The standard InChI is InChI=1S/C16H24N2O/c1-13-4-6-14(7-5-13)17-16(12-19)8-10-18-9-2-3-15(18)11-16/h4-7,15,17,19H,2-3,8-12H2,1H3. The van der Waals surface area contributed by atoms with Crippen molar-refractivity contribution in [2.24, 2.45) is 0 Å². The smallest absolute Gasteiger partial charge is 0.0662 e. The van der Waals surface area contributed by atoms with Crippen LogP contribution in [0.15, 0.2) is 24.3 Å². The molecule has 3 heteroatoms. The van der Waals surface area contributed by atoms with Crippen LogP contribution in [0, 0.1) is 6.92 Å². The van der Waals surface area contributed by atoms with Gasteiger partial charge in [0.15, 0.2) is 0 Å². The van der Waals surface area contributed by atoms with E-state index >= 15 is 0 Å². The molecule has 0 radical (unpaired) electrons. The normalized spacial score (nSPS) is 31.2. The largest absolute Gasteiger partial charge is 0.394 e. The van der Waals surface area contributed by atoms with Crippen LogP contribution in [0.3, 0.4) is 0 Å². The summed E-state index contributed by atoms with van der Waals surface area (Å²) < 4.78 is 0. The molecule has 0 saturated carbocycles. The van der Waals surface area contributed by atoms with E-state index in [0.717, 1.165) is 25.1 Å². The van der Waals surface area contributed by atoms with Crippen molar-refractivity contribution in [2.75, 3.05) is 25.0 Å². The van der Waals surface area contributed by atoms with Crippen LogP contribution in [0.2, 0.25) is 0 Å². The molecular weight excluding hydrogens is 236 g/mol. The van der Waals surface area contributed by atoms with Gasteiger partial charge in [0.25, 0.3) is 0 Å². The number of nitrogens with zero attached hydrogens (tertiary/aromatic N) is 1. The Labute approximate surface area is 115 Å². The number of hydrogen-bond acceptors (Lipinski definition) is 3. The summed E-state index contributed by atoms with van der Waals surface area (Å²) in [5.74, 6) is 0. The van der Waals surface area contributed by atoms with E-state index in [1.54, 1.807) is 0 Å². The Morgan fingerprint density at radius 2 is 2.11 bits per heavy atom. The van der Waals surface area contributed by atoms with Crippen molar-refractivity contribution in [3.63, 3.8) is 0 Å². The Kier molecular flexibility index (Phi) is 3.50. The van der Waals surface area contributed by atoms with E-state index in [9.17, 15) is 5.11 Å². The molecule has 2 unspecified atom stereocenters. The number of anilines is 1. The minimum atomic E-state index is -0.124. The number of benzene rings is 1. The first-order chi connectivity index (χ1) is 9.21. The second-order valence-electron chi connectivity index (χ2n) is 6.22. The van der Waals surface area contributed by atoms with Gasteiger partial charge in [-0.3, -0.25) is 0 Å². The third kappa shape index (κ3) is 2.63. The Morgan fingerprint density at radius 3 is 2.84 bits per heavy atom. The average Bonchev–Trinajstić information content (AvgIpc) is 2.88. The number of rotatable bonds is 3. The third-order valence-corrected chi connectivity index (χ3v) is 4.77. The molecule has 0 spiro atoms. The van der Waals surface area contributed by atoms with E-state index in [4.69, 9.17) is 0 Å².